The van der Waals surface area contributed by atoms with E-state index in [0.29, 0.717) is 16.9 Å². The average Bonchev–Trinajstić information content (AvgIpc) is 1.78. The first-order chi connectivity index (χ1) is 5.13. The van der Waals surface area contributed by atoms with Gasteiger partial charge in [0.25, 0.3) is 0 Å². The highest BCUT2D eigenvalue weighted by atomic mass is 14.9. The number of nitrogens with one attached hydrogen (secondary N) is 1. The molecule has 0 heterocycles. The maximum atomic E-state index is 3.56. The molecule has 0 spiro atoms. The molecule has 0 aliphatic carbocycles. The van der Waals surface area contributed by atoms with Crippen LogP contribution >= 0.6 is 0 Å². The van der Waals surface area contributed by atoms with E-state index < -0.39 is 0 Å². The topological polar surface area (TPSA) is 12.0 Å². The largest absolute Gasteiger partial charge is 0.313 e. The van der Waals surface area contributed by atoms with Crippen molar-refractivity contribution in [1.29, 1.82) is 0 Å². The normalized spacial score (nSPS) is 16.2. The van der Waals surface area contributed by atoms with Crippen molar-refractivity contribution in [3.05, 3.63) is 0 Å². The van der Waals surface area contributed by atoms with E-state index in [1.807, 2.05) is 0 Å². The first kappa shape index (κ1) is 12.0. The number of hydrogen-bond donors (Lipinski definition) is 1. The van der Waals surface area contributed by atoms with E-state index in [1.165, 1.54) is 0 Å². The smallest absolute Gasteiger partial charge is 0.00874 e. The molecule has 0 unspecified atom stereocenters. The van der Waals surface area contributed by atoms with Crippen LogP contribution in [0.2, 0.25) is 0 Å². The molecule has 0 aromatic heterocycles. The minimum Gasteiger partial charge on any atom is -0.313 e. The van der Waals surface area contributed by atoms with Crippen molar-refractivity contribution in [3.8, 4) is 0 Å². The van der Waals surface area contributed by atoms with Gasteiger partial charge in [-0.3, -0.25) is 0 Å². The molecule has 1 heteroatoms. The molecule has 0 aliphatic heterocycles. The van der Waals surface area contributed by atoms with E-state index in [0.717, 1.165) is 6.54 Å². The molecule has 0 amide bonds. The Balaban J connectivity index is 3.80. The molecule has 0 saturated carbocycles. The van der Waals surface area contributed by atoms with Crippen molar-refractivity contribution in [1.82, 2.24) is 5.32 Å². The molecule has 1 atom stereocenters. The van der Waals surface area contributed by atoms with Crippen LogP contribution in [-0.2, 0) is 0 Å². The second-order valence-electron chi connectivity index (χ2n) is 6.03. The Labute approximate surface area is 77.9 Å². The minimum absolute atomic E-state index is 0.366. The summed E-state index contributed by atoms with van der Waals surface area (Å²) in [5, 5.41) is 3.56. The number of rotatable bonds is 2. The summed E-state index contributed by atoms with van der Waals surface area (Å²) in [6.45, 7) is 16.9. The second-order valence-corrected chi connectivity index (χ2v) is 6.03. The van der Waals surface area contributed by atoms with E-state index in [9.17, 15) is 0 Å². The molecule has 0 radical (unpaired) electrons. The van der Waals surface area contributed by atoms with E-state index in [1.54, 1.807) is 0 Å². The van der Waals surface area contributed by atoms with Crippen LogP contribution in [0.3, 0.4) is 0 Å². The van der Waals surface area contributed by atoms with Crippen LogP contribution < -0.4 is 5.32 Å². The van der Waals surface area contributed by atoms with Gasteiger partial charge in [0.1, 0.15) is 0 Å². The molecule has 12 heavy (non-hydrogen) atoms. The van der Waals surface area contributed by atoms with Crippen molar-refractivity contribution in [2.24, 2.45) is 10.8 Å². The van der Waals surface area contributed by atoms with Crippen LogP contribution in [0.15, 0.2) is 0 Å². The fraction of sp³-hybridized carbons (Fsp3) is 1.00. The lowest BCUT2D eigenvalue weighted by Gasteiger charge is -2.31. The molecule has 0 aromatic rings. The monoisotopic (exact) mass is 171 g/mol. The van der Waals surface area contributed by atoms with E-state index >= 15 is 0 Å². The third kappa shape index (κ3) is 5.59. The molecular formula is C11H25N. The van der Waals surface area contributed by atoms with Gasteiger partial charge in [0, 0.05) is 12.6 Å². The zero-order valence-corrected chi connectivity index (χ0v) is 9.78. The molecule has 0 fully saturated rings. The van der Waals surface area contributed by atoms with Crippen molar-refractivity contribution in [2.75, 3.05) is 6.54 Å². The van der Waals surface area contributed by atoms with Crippen molar-refractivity contribution in [2.45, 2.75) is 54.5 Å². The average molecular weight is 171 g/mol. The molecule has 0 rings (SSSR count). The fourth-order valence-corrected chi connectivity index (χ4v) is 0.765. The van der Waals surface area contributed by atoms with Gasteiger partial charge in [-0.2, -0.15) is 0 Å². The molecule has 1 N–H and O–H groups in total. The SMILES string of the molecule is C[C@H](NCC(C)(C)C)C(C)(C)C. The summed E-state index contributed by atoms with van der Waals surface area (Å²) in [5.41, 5.74) is 0.755. The van der Waals surface area contributed by atoms with Crippen LogP contribution in [-0.4, -0.2) is 12.6 Å². The van der Waals surface area contributed by atoms with Crippen molar-refractivity contribution < 1.29 is 0 Å². The highest BCUT2D eigenvalue weighted by molar-refractivity contribution is 4.78. The van der Waals surface area contributed by atoms with Gasteiger partial charge < -0.3 is 5.32 Å². The standard InChI is InChI=1S/C11H25N/c1-9(11(5,6)7)12-8-10(2,3)4/h9,12H,8H2,1-7H3/t9-/m0/s1. The van der Waals surface area contributed by atoms with Crippen LogP contribution in [0.5, 0.6) is 0 Å². The van der Waals surface area contributed by atoms with Gasteiger partial charge in [-0.1, -0.05) is 41.5 Å². The lowest BCUT2D eigenvalue weighted by molar-refractivity contribution is 0.253. The third-order valence-corrected chi connectivity index (χ3v) is 2.24. The summed E-state index contributed by atoms with van der Waals surface area (Å²) in [5.74, 6) is 0. The first-order valence-electron chi connectivity index (χ1n) is 4.86. The quantitative estimate of drug-likeness (QED) is 0.673. The summed E-state index contributed by atoms with van der Waals surface area (Å²) in [7, 11) is 0. The van der Waals surface area contributed by atoms with E-state index in [2.05, 4.69) is 53.8 Å². The van der Waals surface area contributed by atoms with Crippen LogP contribution in [0.1, 0.15) is 48.5 Å². The number of hydrogen-bond acceptors (Lipinski definition) is 1. The Morgan fingerprint density at radius 1 is 1.00 bits per heavy atom. The predicted octanol–water partition coefficient (Wildman–Crippen LogP) is 3.06. The molecule has 0 aliphatic rings. The van der Waals surface area contributed by atoms with Crippen molar-refractivity contribution >= 4 is 0 Å². The van der Waals surface area contributed by atoms with Crippen LogP contribution in [0, 0.1) is 10.8 Å². The van der Waals surface area contributed by atoms with Crippen molar-refractivity contribution in [3.63, 3.8) is 0 Å². The Morgan fingerprint density at radius 3 is 1.67 bits per heavy atom. The van der Waals surface area contributed by atoms with Gasteiger partial charge in [0.15, 0.2) is 0 Å². The van der Waals surface area contributed by atoms with E-state index in [4.69, 9.17) is 0 Å². The summed E-state index contributed by atoms with van der Waals surface area (Å²) in [6.07, 6.45) is 0. The van der Waals surface area contributed by atoms with Gasteiger partial charge in [-0.05, 0) is 17.8 Å². The molecular weight excluding hydrogens is 146 g/mol. The Morgan fingerprint density at radius 2 is 1.42 bits per heavy atom. The molecule has 74 valence electrons. The third-order valence-electron chi connectivity index (χ3n) is 2.24. The summed E-state index contributed by atoms with van der Waals surface area (Å²) >= 11 is 0. The first-order valence-corrected chi connectivity index (χ1v) is 4.86. The highest BCUT2D eigenvalue weighted by Gasteiger charge is 2.21. The van der Waals surface area contributed by atoms with Gasteiger partial charge in [0.05, 0.1) is 0 Å². The van der Waals surface area contributed by atoms with Crippen LogP contribution in [0.4, 0.5) is 0 Å². The van der Waals surface area contributed by atoms with Gasteiger partial charge >= 0.3 is 0 Å². The fourth-order valence-electron chi connectivity index (χ4n) is 0.765. The minimum atomic E-state index is 0.366. The summed E-state index contributed by atoms with van der Waals surface area (Å²) in [4.78, 5) is 0. The molecule has 0 aromatic carbocycles. The Hall–Kier alpha value is -0.0400. The lowest BCUT2D eigenvalue weighted by Crippen LogP contribution is -2.41. The Kier molecular flexibility index (Phi) is 3.77. The maximum Gasteiger partial charge on any atom is 0.00874 e. The van der Waals surface area contributed by atoms with E-state index in [-0.39, 0.29) is 0 Å². The van der Waals surface area contributed by atoms with Gasteiger partial charge in [-0.15, -0.1) is 0 Å². The molecule has 0 saturated heterocycles. The molecule has 1 nitrogen and oxygen atoms in total. The second kappa shape index (κ2) is 3.78. The zero-order valence-electron chi connectivity index (χ0n) is 9.78. The summed E-state index contributed by atoms with van der Waals surface area (Å²) < 4.78 is 0. The zero-order chi connectivity index (χ0) is 9.99. The van der Waals surface area contributed by atoms with Crippen LogP contribution in [0.25, 0.3) is 0 Å². The van der Waals surface area contributed by atoms with Gasteiger partial charge in [-0.25, -0.2) is 0 Å². The van der Waals surface area contributed by atoms with Gasteiger partial charge in [0.2, 0.25) is 0 Å². The lowest BCUT2D eigenvalue weighted by atomic mass is 9.87. The predicted molar refractivity (Wildman–Crippen MR) is 56.4 cm³/mol. The summed E-state index contributed by atoms with van der Waals surface area (Å²) in [6, 6.07) is 0.580. The molecule has 0 bridgehead atoms. The maximum absolute atomic E-state index is 3.56. The highest BCUT2D eigenvalue weighted by Crippen LogP contribution is 2.20. The Bertz CT molecular complexity index is 125.